The molecule has 1 saturated heterocycles. The molecular formula is C23H27F3N6O3S. The van der Waals surface area contributed by atoms with Gasteiger partial charge in [-0.05, 0) is 27.0 Å². The van der Waals surface area contributed by atoms with Crippen molar-refractivity contribution in [2.24, 2.45) is 0 Å². The van der Waals surface area contributed by atoms with Gasteiger partial charge in [-0.25, -0.2) is 31.6 Å². The fourth-order valence-corrected chi connectivity index (χ4v) is 5.63. The zero-order valence-corrected chi connectivity index (χ0v) is 21.1. The number of hydrogen-bond donors (Lipinski definition) is 1. The first-order valence-corrected chi connectivity index (χ1v) is 12.7. The minimum Gasteiger partial charge on any atom is -0.480 e. The van der Waals surface area contributed by atoms with Crippen LogP contribution in [0.15, 0.2) is 29.2 Å². The van der Waals surface area contributed by atoms with E-state index in [2.05, 4.69) is 20.3 Å². The average molecular weight is 525 g/mol. The van der Waals surface area contributed by atoms with Gasteiger partial charge >= 0.3 is 0 Å². The molecule has 0 spiro atoms. The van der Waals surface area contributed by atoms with Gasteiger partial charge in [0.25, 0.3) is 6.43 Å². The number of piperazine rings is 1. The third-order valence-electron chi connectivity index (χ3n) is 6.12. The fourth-order valence-electron chi connectivity index (χ4n) is 4.09. The van der Waals surface area contributed by atoms with Crippen molar-refractivity contribution < 1.29 is 26.3 Å². The zero-order valence-electron chi connectivity index (χ0n) is 20.3. The van der Waals surface area contributed by atoms with Crippen LogP contribution < -0.4 is 10.1 Å². The van der Waals surface area contributed by atoms with E-state index < -0.39 is 33.9 Å². The highest BCUT2D eigenvalue weighted by Gasteiger charge is 2.32. The van der Waals surface area contributed by atoms with Crippen LogP contribution in [0.4, 0.5) is 19.0 Å². The molecule has 0 bridgehead atoms. The first-order valence-electron chi connectivity index (χ1n) is 11.3. The first-order chi connectivity index (χ1) is 17.0. The monoisotopic (exact) mass is 524 g/mol. The summed E-state index contributed by atoms with van der Waals surface area (Å²) in [5, 5.41) is 3.29. The highest BCUT2D eigenvalue weighted by atomic mass is 32.2. The lowest BCUT2D eigenvalue weighted by Crippen LogP contribution is -2.47. The van der Waals surface area contributed by atoms with E-state index in [-0.39, 0.29) is 33.2 Å². The van der Waals surface area contributed by atoms with Crippen LogP contribution in [-0.4, -0.2) is 72.9 Å². The number of ether oxygens (including phenoxy) is 1. The number of halogens is 3. The van der Waals surface area contributed by atoms with Crippen LogP contribution in [0.1, 0.15) is 36.3 Å². The van der Waals surface area contributed by atoms with Crippen molar-refractivity contribution in [1.29, 1.82) is 0 Å². The second kappa shape index (κ2) is 10.1. The van der Waals surface area contributed by atoms with Gasteiger partial charge in [-0.2, -0.15) is 9.29 Å². The van der Waals surface area contributed by atoms with Crippen LogP contribution in [0.3, 0.4) is 0 Å². The standard InChI is InChI=1S/C23H27F3N6O3S/c1-13(15-6-5-7-16(19(15)24)20(25)26)27-21-17-12-18(23(35-4)30-22(17)29-14(2)28-21)36(33,34)32-10-8-31(3)9-11-32/h5-7,12-13,20H,8-11H2,1-4H3,(H,27,28,29,30)/t13-/m1/s1. The number of pyridine rings is 1. The lowest BCUT2D eigenvalue weighted by atomic mass is 10.0. The van der Waals surface area contributed by atoms with Gasteiger partial charge in [0.2, 0.25) is 15.9 Å². The number of aromatic nitrogens is 3. The molecule has 194 valence electrons. The molecule has 2 aromatic heterocycles. The van der Waals surface area contributed by atoms with Crippen molar-refractivity contribution in [3.8, 4) is 5.88 Å². The van der Waals surface area contributed by atoms with Crippen LogP contribution >= 0.6 is 0 Å². The molecule has 9 nitrogen and oxygen atoms in total. The lowest BCUT2D eigenvalue weighted by Gasteiger charge is -2.31. The third-order valence-corrected chi connectivity index (χ3v) is 8.01. The van der Waals surface area contributed by atoms with Gasteiger partial charge in [0.15, 0.2) is 5.65 Å². The number of hydrogen-bond acceptors (Lipinski definition) is 8. The van der Waals surface area contributed by atoms with Gasteiger partial charge < -0.3 is 15.0 Å². The molecule has 1 atom stereocenters. The predicted molar refractivity (Wildman–Crippen MR) is 128 cm³/mol. The number of fused-ring (bicyclic) bond motifs is 1. The molecule has 1 aromatic carbocycles. The second-order valence-electron chi connectivity index (χ2n) is 8.61. The van der Waals surface area contributed by atoms with E-state index in [0.717, 1.165) is 6.07 Å². The van der Waals surface area contributed by atoms with Crippen molar-refractivity contribution in [2.75, 3.05) is 45.7 Å². The lowest BCUT2D eigenvalue weighted by molar-refractivity contribution is 0.146. The molecule has 3 heterocycles. The molecule has 0 radical (unpaired) electrons. The average Bonchev–Trinajstić information content (AvgIpc) is 2.83. The summed E-state index contributed by atoms with van der Waals surface area (Å²) >= 11 is 0. The van der Waals surface area contributed by atoms with Crippen molar-refractivity contribution in [3.05, 3.63) is 47.0 Å². The Morgan fingerprint density at radius 2 is 1.75 bits per heavy atom. The summed E-state index contributed by atoms with van der Waals surface area (Å²) in [6.07, 6.45) is -2.96. The van der Waals surface area contributed by atoms with Gasteiger partial charge in [-0.15, -0.1) is 0 Å². The minimum atomic E-state index is -3.96. The number of benzene rings is 1. The summed E-state index contributed by atoms with van der Waals surface area (Å²) < 4.78 is 74.8. The van der Waals surface area contributed by atoms with E-state index in [1.807, 2.05) is 11.9 Å². The van der Waals surface area contributed by atoms with Crippen LogP contribution in [0, 0.1) is 12.7 Å². The van der Waals surface area contributed by atoms with Gasteiger partial charge in [-0.3, -0.25) is 0 Å². The maximum absolute atomic E-state index is 14.8. The molecule has 13 heteroatoms. The zero-order chi connectivity index (χ0) is 26.2. The summed E-state index contributed by atoms with van der Waals surface area (Å²) in [6.45, 7) is 5.00. The Bertz CT molecular complexity index is 1380. The van der Waals surface area contributed by atoms with E-state index >= 15 is 0 Å². The van der Waals surface area contributed by atoms with E-state index in [1.165, 1.54) is 29.6 Å². The van der Waals surface area contributed by atoms with Gasteiger partial charge in [0.1, 0.15) is 22.4 Å². The third kappa shape index (κ3) is 4.95. The summed E-state index contributed by atoms with van der Waals surface area (Å²) in [5.74, 6) is -0.602. The number of likely N-dealkylation sites (N-methyl/N-ethyl adjacent to an activating group) is 1. The molecule has 3 aromatic rings. The summed E-state index contributed by atoms with van der Waals surface area (Å²) in [5.41, 5.74) is -0.506. The normalized spacial score (nSPS) is 16.4. The summed E-state index contributed by atoms with van der Waals surface area (Å²) in [4.78, 5) is 14.9. The molecule has 1 aliphatic rings. The minimum absolute atomic E-state index is 0.0176. The number of aryl methyl sites for hydroxylation is 1. The number of nitrogens with one attached hydrogen (secondary N) is 1. The van der Waals surface area contributed by atoms with E-state index in [1.54, 1.807) is 13.8 Å². The Hall–Kier alpha value is -3.03. The molecule has 1 N–H and O–H groups in total. The number of anilines is 1. The molecule has 0 saturated carbocycles. The number of nitrogens with zero attached hydrogens (tertiary/aromatic N) is 5. The topological polar surface area (TPSA) is 101 Å². The number of sulfonamides is 1. The van der Waals surface area contributed by atoms with Crippen LogP contribution in [0.25, 0.3) is 11.0 Å². The van der Waals surface area contributed by atoms with Crippen molar-refractivity contribution >= 4 is 26.9 Å². The maximum Gasteiger partial charge on any atom is 0.266 e. The second-order valence-corrected chi connectivity index (χ2v) is 10.5. The molecule has 36 heavy (non-hydrogen) atoms. The smallest absolute Gasteiger partial charge is 0.266 e. The first kappa shape index (κ1) is 26.0. The highest BCUT2D eigenvalue weighted by Crippen LogP contribution is 2.34. The van der Waals surface area contributed by atoms with E-state index in [4.69, 9.17) is 4.74 Å². The Balaban J connectivity index is 1.79. The Morgan fingerprint density at radius 1 is 1.08 bits per heavy atom. The number of methoxy groups -OCH3 is 1. The maximum atomic E-state index is 14.8. The summed E-state index contributed by atoms with van der Waals surface area (Å²) in [6, 6.07) is 4.40. The Labute approximate surface area is 207 Å². The molecule has 1 aliphatic heterocycles. The van der Waals surface area contributed by atoms with Gasteiger partial charge in [-0.1, -0.05) is 18.2 Å². The van der Waals surface area contributed by atoms with Gasteiger partial charge in [0.05, 0.1) is 24.1 Å². The Morgan fingerprint density at radius 3 is 2.39 bits per heavy atom. The number of rotatable bonds is 7. The molecule has 0 unspecified atom stereocenters. The molecule has 0 aliphatic carbocycles. The van der Waals surface area contributed by atoms with Crippen LogP contribution in [-0.2, 0) is 10.0 Å². The Kier molecular flexibility index (Phi) is 7.34. The number of alkyl halides is 2. The quantitative estimate of drug-likeness (QED) is 0.501. The van der Waals surface area contributed by atoms with Crippen molar-refractivity contribution in [2.45, 2.75) is 31.2 Å². The van der Waals surface area contributed by atoms with Gasteiger partial charge in [0, 0.05) is 31.7 Å². The highest BCUT2D eigenvalue weighted by molar-refractivity contribution is 7.89. The van der Waals surface area contributed by atoms with Crippen molar-refractivity contribution in [3.63, 3.8) is 0 Å². The molecule has 4 rings (SSSR count). The van der Waals surface area contributed by atoms with Crippen LogP contribution in [0.2, 0.25) is 0 Å². The summed E-state index contributed by atoms with van der Waals surface area (Å²) in [7, 11) is -0.715. The van der Waals surface area contributed by atoms with Crippen molar-refractivity contribution in [1.82, 2.24) is 24.2 Å². The van der Waals surface area contributed by atoms with Crippen LogP contribution in [0.5, 0.6) is 5.88 Å². The van der Waals surface area contributed by atoms with E-state index in [0.29, 0.717) is 32.0 Å². The largest absolute Gasteiger partial charge is 0.480 e. The predicted octanol–water partition coefficient (Wildman–Crippen LogP) is 3.53. The molecule has 0 amide bonds. The fraction of sp³-hybridized carbons (Fsp3) is 0.435. The molecule has 1 fully saturated rings. The molecular weight excluding hydrogens is 497 g/mol. The SMILES string of the molecule is COc1nc2nc(C)nc(N[C@H](C)c3cccc(C(F)F)c3F)c2cc1S(=O)(=O)N1CCN(C)CC1. The van der Waals surface area contributed by atoms with E-state index in [9.17, 15) is 21.6 Å².